The molecule has 0 saturated carbocycles. The first-order chi connectivity index (χ1) is 15.9. The molecule has 0 aliphatic carbocycles. The molecule has 5 heterocycles. The Labute approximate surface area is 210 Å². The first-order valence-corrected chi connectivity index (χ1v) is 26.1. The van der Waals surface area contributed by atoms with Crippen LogP contribution in [0.3, 0.4) is 0 Å². The Morgan fingerprint density at radius 3 is 2.44 bits per heavy atom. The molecule has 2 saturated heterocycles. The van der Waals surface area contributed by atoms with Crippen molar-refractivity contribution in [1.29, 1.82) is 0 Å². The van der Waals surface area contributed by atoms with E-state index in [4.69, 9.17) is 9.73 Å². The molecular weight excluding hydrogens is 600 g/mol. The number of rotatable bonds is 2. The SMILES string of the molecule is c1c2c(c([As]3SCCS3)c3c1N=c1cc4c(c([As]5SCCS5)c1O3)=[NH+]CCC4)NCCC2. The van der Waals surface area contributed by atoms with Crippen LogP contribution in [0.2, 0.25) is 0 Å². The van der Waals surface area contributed by atoms with Crippen LogP contribution < -0.4 is 34.5 Å². The molecule has 0 unspecified atom stereocenters. The molecule has 5 aliphatic heterocycles. The van der Waals surface area contributed by atoms with E-state index in [1.54, 1.807) is 0 Å². The first-order valence-electron chi connectivity index (χ1n) is 11.3. The predicted octanol–water partition coefficient (Wildman–Crippen LogP) is 1.10. The fourth-order valence-electron chi connectivity index (χ4n) is 4.91. The molecule has 0 aromatic heterocycles. The molecule has 0 spiro atoms. The summed E-state index contributed by atoms with van der Waals surface area (Å²) >= 11 is -2.52. The average molecular weight is 625 g/mol. The van der Waals surface area contributed by atoms with E-state index in [0.29, 0.717) is 0 Å². The number of benzene rings is 2. The first kappa shape index (κ1) is 21.4. The van der Waals surface area contributed by atoms with E-state index in [0.717, 1.165) is 48.5 Å². The molecule has 2 fully saturated rings. The van der Waals surface area contributed by atoms with Crippen LogP contribution in [0.4, 0.5) is 11.4 Å². The van der Waals surface area contributed by atoms with Crippen LogP contribution in [0.5, 0.6) is 11.5 Å². The number of anilines is 1. The molecule has 10 heteroatoms. The van der Waals surface area contributed by atoms with E-state index in [-0.39, 0.29) is 0 Å². The third-order valence-corrected chi connectivity index (χ3v) is 33.5. The molecule has 2 aromatic rings. The fraction of sp³-hybridized carbons (Fsp3) is 0.455. The van der Waals surface area contributed by atoms with E-state index in [2.05, 4.69) is 62.5 Å². The maximum absolute atomic E-state index is 7.04. The zero-order valence-electron chi connectivity index (χ0n) is 17.6. The van der Waals surface area contributed by atoms with Gasteiger partial charge in [0.05, 0.1) is 0 Å². The van der Waals surface area contributed by atoms with Crippen molar-refractivity contribution in [1.82, 2.24) is 0 Å². The van der Waals surface area contributed by atoms with Crippen molar-refractivity contribution in [3.63, 3.8) is 0 Å². The Kier molecular flexibility index (Phi) is 6.02. The van der Waals surface area contributed by atoms with Gasteiger partial charge in [0.25, 0.3) is 0 Å². The molecule has 0 amide bonds. The summed E-state index contributed by atoms with van der Waals surface area (Å²) in [5.41, 5.74) is 5.40. The van der Waals surface area contributed by atoms with Crippen LogP contribution in [0.1, 0.15) is 24.0 Å². The van der Waals surface area contributed by atoms with E-state index in [1.165, 1.54) is 66.7 Å². The number of hydrogen-bond donors (Lipinski definition) is 2. The summed E-state index contributed by atoms with van der Waals surface area (Å²) in [6, 6.07) is 4.66. The Balaban J connectivity index is 1.48. The second-order valence-corrected chi connectivity index (χ2v) is 31.5. The molecule has 0 radical (unpaired) electrons. The average Bonchev–Trinajstić information content (AvgIpc) is 3.54. The van der Waals surface area contributed by atoms with Gasteiger partial charge in [0.2, 0.25) is 0 Å². The number of aryl methyl sites for hydroxylation is 2. The number of nitrogens with one attached hydrogen (secondary N) is 2. The maximum atomic E-state index is 7.04. The van der Waals surface area contributed by atoms with Gasteiger partial charge in [-0.25, -0.2) is 0 Å². The molecule has 2 N–H and O–H groups in total. The van der Waals surface area contributed by atoms with Gasteiger partial charge in [0.1, 0.15) is 0 Å². The zero-order chi connectivity index (χ0) is 21.1. The standard InChI is InChI=1S/C22H23As2N3OS4/c1-3-13-11-15-21(17(19(13)25-5-1)23-29-7-8-30-23)28-22-16(27-15)12-14-4-2-6-26-20(14)18(22)24-31-9-10-32-24/h11-12,25H,1-10H2/p+1. The summed E-state index contributed by atoms with van der Waals surface area (Å²) in [4.78, 5) is 9.10. The second kappa shape index (κ2) is 8.99. The molecule has 0 bridgehead atoms. The summed E-state index contributed by atoms with van der Waals surface area (Å²) in [6.45, 7) is 2.16. The number of ether oxygens (including phenoxy) is 1. The van der Waals surface area contributed by atoms with Gasteiger partial charge in [-0.15, -0.1) is 0 Å². The molecule has 0 atom stereocenters. The molecule has 166 valence electrons. The molecule has 32 heavy (non-hydrogen) atoms. The van der Waals surface area contributed by atoms with Crippen LogP contribution >= 0.6 is 40.1 Å². The van der Waals surface area contributed by atoms with E-state index in [1.807, 2.05) is 0 Å². The number of fused-ring (bicyclic) bond motifs is 4. The van der Waals surface area contributed by atoms with Gasteiger partial charge < -0.3 is 0 Å². The molecular formula is C22H24As2N3OS4+. The summed E-state index contributed by atoms with van der Waals surface area (Å²) in [5, 5.41) is 6.26. The Bertz CT molecular complexity index is 1230. The predicted molar refractivity (Wildman–Crippen MR) is 144 cm³/mol. The normalized spacial score (nSPS) is 22.0. The Hall–Kier alpha value is 0.157. The van der Waals surface area contributed by atoms with Crippen LogP contribution in [-0.4, -0.2) is 60.8 Å². The van der Waals surface area contributed by atoms with Crippen molar-refractivity contribution in [3.05, 3.63) is 34.0 Å². The van der Waals surface area contributed by atoms with Crippen molar-refractivity contribution >= 4 is 84.9 Å². The summed E-state index contributed by atoms with van der Waals surface area (Å²) in [7, 11) is 8.84. The third kappa shape index (κ3) is 3.62. The molecule has 7 rings (SSSR count). The van der Waals surface area contributed by atoms with Crippen LogP contribution in [-0.2, 0) is 12.8 Å². The number of hydrogen-bond acceptors (Lipinski definition) is 7. The minimum absolute atomic E-state index is 1.08. The Morgan fingerprint density at radius 2 is 1.62 bits per heavy atom. The Morgan fingerprint density at radius 1 is 0.875 bits per heavy atom. The van der Waals surface area contributed by atoms with E-state index < -0.39 is 24.7 Å². The van der Waals surface area contributed by atoms with Gasteiger partial charge in [-0.2, -0.15) is 0 Å². The third-order valence-electron chi connectivity index (χ3n) is 6.29. The van der Waals surface area contributed by atoms with Crippen molar-refractivity contribution in [2.24, 2.45) is 4.99 Å². The van der Waals surface area contributed by atoms with Crippen LogP contribution in [0.25, 0.3) is 0 Å². The van der Waals surface area contributed by atoms with Crippen molar-refractivity contribution in [2.45, 2.75) is 25.7 Å². The minimum atomic E-state index is -1.26. The van der Waals surface area contributed by atoms with Crippen molar-refractivity contribution < 1.29 is 9.73 Å². The van der Waals surface area contributed by atoms with Gasteiger partial charge in [-0.3, -0.25) is 0 Å². The van der Waals surface area contributed by atoms with E-state index in [9.17, 15) is 0 Å². The van der Waals surface area contributed by atoms with E-state index >= 15 is 0 Å². The quantitative estimate of drug-likeness (QED) is 0.417. The molecule has 4 nitrogen and oxygen atoms in total. The van der Waals surface area contributed by atoms with Gasteiger partial charge in [-0.1, -0.05) is 0 Å². The fourth-order valence-corrected chi connectivity index (χ4v) is 35.1. The monoisotopic (exact) mass is 624 g/mol. The zero-order valence-corrected chi connectivity index (χ0v) is 24.6. The second-order valence-electron chi connectivity index (χ2n) is 8.34. The summed E-state index contributed by atoms with van der Waals surface area (Å²) in [6.07, 6.45) is 4.73. The van der Waals surface area contributed by atoms with Gasteiger partial charge in [0.15, 0.2) is 0 Å². The van der Waals surface area contributed by atoms with Crippen molar-refractivity contribution in [3.8, 4) is 11.5 Å². The topological polar surface area (TPSA) is 47.6 Å². The van der Waals surface area contributed by atoms with Gasteiger partial charge in [-0.05, 0) is 0 Å². The van der Waals surface area contributed by atoms with Crippen LogP contribution in [0, 0.1) is 0 Å². The summed E-state index contributed by atoms with van der Waals surface area (Å²) < 4.78 is 10.1. The molecule has 2 aromatic carbocycles. The summed E-state index contributed by atoms with van der Waals surface area (Å²) in [5.74, 6) is 7.30. The van der Waals surface area contributed by atoms with Crippen LogP contribution in [0.15, 0.2) is 17.1 Å². The van der Waals surface area contributed by atoms with Gasteiger partial charge in [0, 0.05) is 0 Å². The van der Waals surface area contributed by atoms with Gasteiger partial charge >= 0.3 is 212 Å². The van der Waals surface area contributed by atoms with Crippen molar-refractivity contribution in [2.75, 3.05) is 41.4 Å². The number of nitrogens with zero attached hydrogens (tertiary/aromatic N) is 1. The molecule has 5 aliphatic rings.